The first-order valence-electron chi connectivity index (χ1n) is 9.54. The highest BCUT2D eigenvalue weighted by atomic mass is 32.1. The van der Waals surface area contributed by atoms with Crippen LogP contribution in [0.2, 0.25) is 0 Å². The van der Waals surface area contributed by atoms with E-state index in [1.165, 1.54) is 23.0 Å². The fraction of sp³-hybridized carbons (Fsp3) is 0.125. The summed E-state index contributed by atoms with van der Waals surface area (Å²) in [6.07, 6.45) is 0.659. The Morgan fingerprint density at radius 2 is 1.77 bits per heavy atom. The highest BCUT2D eigenvalue weighted by Gasteiger charge is 2.19. The maximum atomic E-state index is 13.1. The van der Waals surface area contributed by atoms with Crippen molar-refractivity contribution < 1.29 is 9.72 Å². The summed E-state index contributed by atoms with van der Waals surface area (Å²) in [7, 11) is 0. The standard InChI is InChI=1S/C24H20N2O3S/c1-15-7-9-17(10-8-15)14-20-19-5-3-4-6-22(19)30-23(20)24(27)25-18-11-12-21(26(28)29)16(2)13-18/h3-13H,14H2,1-2H3,(H,25,27). The van der Waals surface area contributed by atoms with Crippen molar-refractivity contribution in [3.8, 4) is 0 Å². The maximum absolute atomic E-state index is 13.1. The first kappa shape index (κ1) is 19.8. The Hall–Kier alpha value is -3.51. The second kappa shape index (κ2) is 8.08. The van der Waals surface area contributed by atoms with E-state index in [1.807, 2.05) is 24.3 Å². The lowest BCUT2D eigenvalue weighted by molar-refractivity contribution is -0.385. The largest absolute Gasteiger partial charge is 0.321 e. The van der Waals surface area contributed by atoms with Gasteiger partial charge < -0.3 is 5.32 Å². The average molecular weight is 417 g/mol. The number of carbonyl (C=O) groups is 1. The van der Waals surface area contributed by atoms with Crippen molar-refractivity contribution in [2.24, 2.45) is 0 Å². The van der Waals surface area contributed by atoms with Crippen LogP contribution in [-0.4, -0.2) is 10.8 Å². The zero-order valence-corrected chi connectivity index (χ0v) is 17.5. The van der Waals surface area contributed by atoms with Crippen molar-refractivity contribution in [1.29, 1.82) is 0 Å². The average Bonchev–Trinajstić information content (AvgIpc) is 3.08. The maximum Gasteiger partial charge on any atom is 0.272 e. The zero-order valence-electron chi connectivity index (χ0n) is 16.6. The molecule has 1 amide bonds. The lowest BCUT2D eigenvalue weighted by Gasteiger charge is -2.08. The molecule has 4 rings (SSSR count). The van der Waals surface area contributed by atoms with Gasteiger partial charge in [-0.1, -0.05) is 48.0 Å². The van der Waals surface area contributed by atoms with Crippen molar-refractivity contribution in [2.45, 2.75) is 20.3 Å². The smallest absolute Gasteiger partial charge is 0.272 e. The number of benzene rings is 3. The van der Waals surface area contributed by atoms with Crippen LogP contribution in [0.15, 0.2) is 66.7 Å². The summed E-state index contributed by atoms with van der Waals surface area (Å²) in [6, 6.07) is 20.9. The van der Waals surface area contributed by atoms with Crippen molar-refractivity contribution >= 4 is 38.7 Å². The highest BCUT2D eigenvalue weighted by molar-refractivity contribution is 7.21. The van der Waals surface area contributed by atoms with Gasteiger partial charge in [0.05, 0.1) is 9.80 Å². The molecule has 4 aromatic rings. The number of thiophene rings is 1. The molecule has 1 aromatic heterocycles. The van der Waals surface area contributed by atoms with E-state index in [0.717, 1.165) is 21.2 Å². The molecule has 5 nitrogen and oxygen atoms in total. The molecule has 1 N–H and O–H groups in total. The van der Waals surface area contributed by atoms with Crippen LogP contribution in [0.4, 0.5) is 11.4 Å². The van der Waals surface area contributed by atoms with Gasteiger partial charge in [0.15, 0.2) is 0 Å². The molecule has 0 saturated carbocycles. The summed E-state index contributed by atoms with van der Waals surface area (Å²) in [5.41, 5.74) is 4.42. The van der Waals surface area contributed by atoms with Gasteiger partial charge in [0.25, 0.3) is 11.6 Å². The summed E-state index contributed by atoms with van der Waals surface area (Å²) < 4.78 is 1.06. The summed E-state index contributed by atoms with van der Waals surface area (Å²) in [5.74, 6) is -0.202. The number of nitrogens with zero attached hydrogens (tertiary/aromatic N) is 1. The van der Waals surface area contributed by atoms with Crippen molar-refractivity contribution in [1.82, 2.24) is 0 Å². The molecule has 0 aliphatic carbocycles. The van der Waals surface area contributed by atoms with E-state index in [0.29, 0.717) is 22.5 Å². The molecule has 0 atom stereocenters. The van der Waals surface area contributed by atoms with Gasteiger partial charge in [0, 0.05) is 22.0 Å². The van der Waals surface area contributed by atoms with Crippen LogP contribution in [-0.2, 0) is 6.42 Å². The topological polar surface area (TPSA) is 72.2 Å². The van der Waals surface area contributed by atoms with Crippen molar-refractivity contribution in [2.75, 3.05) is 5.32 Å². The zero-order chi connectivity index (χ0) is 21.3. The molecular weight excluding hydrogens is 396 g/mol. The Morgan fingerprint density at radius 3 is 2.47 bits per heavy atom. The summed E-state index contributed by atoms with van der Waals surface area (Å²) in [4.78, 5) is 24.4. The van der Waals surface area contributed by atoms with Crippen molar-refractivity contribution in [3.63, 3.8) is 0 Å². The van der Waals surface area contributed by atoms with Crippen LogP contribution in [0, 0.1) is 24.0 Å². The monoisotopic (exact) mass is 416 g/mol. The van der Waals surface area contributed by atoms with Crippen LogP contribution in [0.1, 0.15) is 31.9 Å². The summed E-state index contributed by atoms with van der Waals surface area (Å²) in [6.45, 7) is 3.71. The van der Waals surface area contributed by atoms with Gasteiger partial charge in [-0.05, 0) is 55.0 Å². The van der Waals surface area contributed by atoms with Gasteiger partial charge in [-0.15, -0.1) is 11.3 Å². The number of hydrogen-bond donors (Lipinski definition) is 1. The third-order valence-electron chi connectivity index (χ3n) is 5.06. The van der Waals surface area contributed by atoms with E-state index in [9.17, 15) is 14.9 Å². The molecule has 0 radical (unpaired) electrons. The fourth-order valence-corrected chi connectivity index (χ4v) is 4.61. The van der Waals surface area contributed by atoms with Crippen LogP contribution in [0.25, 0.3) is 10.1 Å². The van der Waals surface area contributed by atoms with Crippen LogP contribution >= 0.6 is 11.3 Å². The van der Waals surface area contributed by atoms with Gasteiger partial charge in [0.1, 0.15) is 0 Å². The van der Waals surface area contributed by atoms with Gasteiger partial charge in [-0.3, -0.25) is 14.9 Å². The number of nitrogens with one attached hydrogen (secondary N) is 1. The number of nitro groups is 1. The number of carbonyl (C=O) groups excluding carboxylic acids is 1. The Balaban J connectivity index is 1.69. The molecule has 0 bridgehead atoms. The molecule has 0 unspecified atom stereocenters. The lowest BCUT2D eigenvalue weighted by atomic mass is 10.0. The van der Waals surface area contributed by atoms with Crippen LogP contribution < -0.4 is 5.32 Å². The van der Waals surface area contributed by atoms with Crippen molar-refractivity contribution in [3.05, 3.63) is 104 Å². The number of anilines is 1. The predicted octanol–water partition coefficient (Wildman–Crippen LogP) is 6.27. The number of aryl methyl sites for hydroxylation is 2. The summed E-state index contributed by atoms with van der Waals surface area (Å²) >= 11 is 1.47. The third kappa shape index (κ3) is 3.95. The molecule has 0 aliphatic rings. The minimum absolute atomic E-state index is 0.0370. The first-order chi connectivity index (χ1) is 14.4. The second-order valence-corrected chi connectivity index (χ2v) is 8.33. The molecular formula is C24H20N2O3S. The molecule has 150 valence electrons. The molecule has 0 spiro atoms. The Labute approximate surface area is 178 Å². The van der Waals surface area contributed by atoms with Crippen LogP contribution in [0.3, 0.4) is 0 Å². The molecule has 1 heterocycles. The minimum atomic E-state index is -0.424. The normalized spacial score (nSPS) is 10.9. The molecule has 30 heavy (non-hydrogen) atoms. The molecule has 0 saturated heterocycles. The predicted molar refractivity (Wildman–Crippen MR) is 122 cm³/mol. The SMILES string of the molecule is Cc1ccc(Cc2c(C(=O)Nc3ccc([N+](=O)[O-])c(C)c3)sc3ccccc23)cc1. The molecule has 0 fully saturated rings. The van der Waals surface area contributed by atoms with Crippen LogP contribution in [0.5, 0.6) is 0 Å². The van der Waals surface area contributed by atoms with E-state index < -0.39 is 4.92 Å². The van der Waals surface area contributed by atoms with E-state index >= 15 is 0 Å². The third-order valence-corrected chi connectivity index (χ3v) is 6.27. The molecule has 6 heteroatoms. The van der Waals surface area contributed by atoms with Gasteiger partial charge in [0.2, 0.25) is 0 Å². The fourth-order valence-electron chi connectivity index (χ4n) is 3.49. The van der Waals surface area contributed by atoms with E-state index in [-0.39, 0.29) is 11.6 Å². The number of hydrogen-bond acceptors (Lipinski definition) is 4. The number of amides is 1. The minimum Gasteiger partial charge on any atom is -0.321 e. The quantitative estimate of drug-likeness (QED) is 0.308. The Morgan fingerprint density at radius 1 is 1.03 bits per heavy atom. The van der Waals surface area contributed by atoms with Gasteiger partial charge in [-0.2, -0.15) is 0 Å². The van der Waals surface area contributed by atoms with Gasteiger partial charge >= 0.3 is 0 Å². The van der Waals surface area contributed by atoms with E-state index in [1.54, 1.807) is 19.1 Å². The lowest BCUT2D eigenvalue weighted by Crippen LogP contribution is -2.12. The number of fused-ring (bicyclic) bond motifs is 1. The Bertz CT molecular complexity index is 1260. The molecule has 3 aromatic carbocycles. The summed E-state index contributed by atoms with van der Waals surface area (Å²) in [5, 5.41) is 15.0. The number of rotatable bonds is 5. The van der Waals surface area contributed by atoms with E-state index in [2.05, 4.69) is 36.5 Å². The van der Waals surface area contributed by atoms with E-state index in [4.69, 9.17) is 0 Å². The highest BCUT2D eigenvalue weighted by Crippen LogP contribution is 2.34. The van der Waals surface area contributed by atoms with Gasteiger partial charge in [-0.25, -0.2) is 0 Å². The molecule has 0 aliphatic heterocycles. The second-order valence-electron chi connectivity index (χ2n) is 7.28. The number of nitro benzene ring substituents is 1. The first-order valence-corrected chi connectivity index (χ1v) is 10.4. The Kier molecular flexibility index (Phi) is 5.33.